The average Bonchev–Trinajstić information content (AvgIpc) is 2.62. The summed E-state index contributed by atoms with van der Waals surface area (Å²) in [6.45, 7) is 0.998. The number of alkyl halides is 3. The molecule has 104 valence electrons. The minimum absolute atomic E-state index is 0.0360. The van der Waals surface area contributed by atoms with Crippen LogP contribution in [0.15, 0.2) is 0 Å². The maximum Gasteiger partial charge on any atom is 0.390 e. The van der Waals surface area contributed by atoms with Crippen molar-refractivity contribution in [1.82, 2.24) is 0 Å². The second-order valence-electron chi connectivity index (χ2n) is 3.98. The van der Waals surface area contributed by atoms with Gasteiger partial charge in [-0.3, -0.25) is 4.79 Å². The van der Waals surface area contributed by atoms with Crippen LogP contribution in [0.2, 0.25) is 0 Å². The molecule has 0 atom stereocenters. The molecule has 1 aromatic rings. The molecule has 0 amide bonds. The minimum atomic E-state index is -4.27. The van der Waals surface area contributed by atoms with Gasteiger partial charge in [-0.05, 0) is 0 Å². The summed E-state index contributed by atoms with van der Waals surface area (Å²) in [5.74, 6) is -0.311. The molecule has 0 fully saturated rings. The molecule has 0 unspecified atom stereocenters. The second-order valence-corrected chi connectivity index (χ2v) is 4.98. The van der Waals surface area contributed by atoms with E-state index in [-0.39, 0.29) is 33.5 Å². The molecule has 0 aromatic carbocycles. The van der Waals surface area contributed by atoms with E-state index < -0.39 is 12.6 Å². The van der Waals surface area contributed by atoms with Crippen molar-refractivity contribution in [1.29, 1.82) is 5.26 Å². The van der Waals surface area contributed by atoms with Crippen LogP contribution in [0.5, 0.6) is 0 Å². The van der Waals surface area contributed by atoms with Crippen LogP contribution >= 0.6 is 11.3 Å². The normalized spacial score (nSPS) is 11.2. The minimum Gasteiger partial charge on any atom is -0.396 e. The zero-order valence-corrected chi connectivity index (χ0v) is 11.2. The zero-order chi connectivity index (χ0) is 14.8. The maximum atomic E-state index is 12.2. The quantitative estimate of drug-likeness (QED) is 0.866. The molecule has 0 saturated heterocycles. The summed E-state index contributed by atoms with van der Waals surface area (Å²) in [6, 6.07) is 1.83. The smallest absolute Gasteiger partial charge is 0.390 e. The number of halogens is 3. The van der Waals surface area contributed by atoms with Gasteiger partial charge in [-0.15, -0.1) is 11.3 Å². The largest absolute Gasteiger partial charge is 0.396 e. The third kappa shape index (κ3) is 3.61. The fourth-order valence-corrected chi connectivity index (χ4v) is 2.52. The molecule has 1 heterocycles. The Balaban J connectivity index is 3.04. The van der Waals surface area contributed by atoms with Crippen molar-refractivity contribution in [3.8, 4) is 6.07 Å². The van der Waals surface area contributed by atoms with E-state index in [1.807, 2.05) is 6.07 Å². The summed E-state index contributed by atoms with van der Waals surface area (Å²) in [4.78, 5) is 12.8. The molecule has 0 radical (unpaired) electrons. The highest BCUT2D eigenvalue weighted by atomic mass is 32.1. The maximum absolute atomic E-state index is 12.2. The van der Waals surface area contributed by atoms with E-state index in [1.54, 1.807) is 0 Å². The molecular weight excluding hydrogens is 279 g/mol. The highest BCUT2D eigenvalue weighted by Crippen LogP contribution is 2.38. The number of hydrogen-bond donors (Lipinski definition) is 1. The van der Waals surface area contributed by atoms with Gasteiger partial charge in [0.15, 0.2) is 5.78 Å². The first-order chi connectivity index (χ1) is 8.67. The van der Waals surface area contributed by atoms with Crippen LogP contribution in [0, 0.1) is 11.3 Å². The van der Waals surface area contributed by atoms with Crippen LogP contribution in [-0.4, -0.2) is 25.6 Å². The van der Waals surface area contributed by atoms with Crippen molar-refractivity contribution in [3.63, 3.8) is 0 Å². The third-order valence-corrected chi connectivity index (χ3v) is 3.86. The van der Waals surface area contributed by atoms with Gasteiger partial charge in [0.2, 0.25) is 0 Å². The standard InChI is InChI=1S/C11H12F3N3OS/c1-6(18)9-8(16)7(5-15)10(19-9)17(2)4-3-11(12,13)14/h3-4,16H2,1-2H3. The molecule has 1 aromatic heterocycles. The summed E-state index contributed by atoms with van der Waals surface area (Å²) in [5, 5.41) is 9.27. The molecule has 0 spiro atoms. The van der Waals surface area contributed by atoms with E-state index in [2.05, 4.69) is 0 Å². The number of thiophene rings is 1. The molecule has 0 bridgehead atoms. The fourth-order valence-electron chi connectivity index (χ4n) is 1.47. The lowest BCUT2D eigenvalue weighted by molar-refractivity contribution is -0.132. The van der Waals surface area contributed by atoms with E-state index in [4.69, 9.17) is 11.0 Å². The van der Waals surface area contributed by atoms with Crippen molar-refractivity contribution >= 4 is 27.8 Å². The van der Waals surface area contributed by atoms with Crippen molar-refractivity contribution in [2.45, 2.75) is 19.5 Å². The number of nitrogens with zero attached hydrogens (tertiary/aromatic N) is 2. The fraction of sp³-hybridized carbons (Fsp3) is 0.455. The van der Waals surface area contributed by atoms with E-state index in [0.29, 0.717) is 0 Å². The number of Topliss-reactive ketones (excluding diaryl/α,β-unsaturated/α-hetero) is 1. The molecule has 0 saturated carbocycles. The molecule has 8 heteroatoms. The van der Waals surface area contributed by atoms with Gasteiger partial charge in [0.25, 0.3) is 0 Å². The van der Waals surface area contributed by atoms with Crippen molar-refractivity contribution in [3.05, 3.63) is 10.4 Å². The number of ketones is 1. The van der Waals surface area contributed by atoms with Gasteiger partial charge in [-0.2, -0.15) is 18.4 Å². The zero-order valence-electron chi connectivity index (χ0n) is 10.3. The van der Waals surface area contributed by atoms with E-state index in [9.17, 15) is 18.0 Å². The van der Waals surface area contributed by atoms with Crippen molar-refractivity contribution < 1.29 is 18.0 Å². The van der Waals surface area contributed by atoms with E-state index in [0.717, 1.165) is 11.3 Å². The summed E-state index contributed by atoms with van der Waals surface area (Å²) < 4.78 is 36.5. The molecule has 0 aliphatic carbocycles. The first-order valence-corrected chi connectivity index (χ1v) is 6.10. The number of nitrogen functional groups attached to an aromatic ring is 1. The van der Waals surface area contributed by atoms with Gasteiger partial charge >= 0.3 is 6.18 Å². The number of hydrogen-bond acceptors (Lipinski definition) is 5. The SMILES string of the molecule is CC(=O)c1sc(N(C)CCC(F)(F)F)c(C#N)c1N. The van der Waals surface area contributed by atoms with Crippen LogP contribution in [0.3, 0.4) is 0 Å². The highest BCUT2D eigenvalue weighted by Gasteiger charge is 2.28. The van der Waals surface area contributed by atoms with Crippen molar-refractivity contribution in [2.24, 2.45) is 0 Å². The number of carbonyl (C=O) groups is 1. The number of nitrogens with two attached hydrogens (primary N) is 1. The Hall–Kier alpha value is -1.75. The van der Waals surface area contributed by atoms with Crippen LogP contribution < -0.4 is 10.6 Å². The Morgan fingerprint density at radius 1 is 1.53 bits per heavy atom. The molecule has 0 aliphatic rings. The molecule has 19 heavy (non-hydrogen) atoms. The highest BCUT2D eigenvalue weighted by molar-refractivity contribution is 7.19. The number of anilines is 2. The number of rotatable bonds is 4. The lowest BCUT2D eigenvalue weighted by atomic mass is 10.2. The van der Waals surface area contributed by atoms with Gasteiger partial charge < -0.3 is 10.6 Å². The summed E-state index contributed by atoms with van der Waals surface area (Å²) in [6.07, 6.45) is -5.27. The van der Waals surface area contributed by atoms with Crippen LogP contribution in [-0.2, 0) is 0 Å². The Labute approximate surface area is 112 Å². The van der Waals surface area contributed by atoms with Gasteiger partial charge in [0.1, 0.15) is 16.6 Å². The Morgan fingerprint density at radius 3 is 2.53 bits per heavy atom. The van der Waals surface area contributed by atoms with Crippen LogP contribution in [0.4, 0.5) is 23.9 Å². The van der Waals surface area contributed by atoms with Gasteiger partial charge in [-0.25, -0.2) is 0 Å². The molecular formula is C11H12F3N3OS. The number of nitriles is 1. The average molecular weight is 291 g/mol. The lowest BCUT2D eigenvalue weighted by Gasteiger charge is -2.18. The van der Waals surface area contributed by atoms with E-state index in [1.165, 1.54) is 18.9 Å². The predicted molar refractivity (Wildman–Crippen MR) is 67.4 cm³/mol. The van der Waals surface area contributed by atoms with Gasteiger partial charge in [0, 0.05) is 20.5 Å². The van der Waals surface area contributed by atoms with Gasteiger partial charge in [-0.1, -0.05) is 0 Å². The monoisotopic (exact) mass is 291 g/mol. The molecule has 1 rings (SSSR count). The number of carbonyl (C=O) groups excluding carboxylic acids is 1. The summed E-state index contributed by atoms with van der Waals surface area (Å²) >= 11 is 0.939. The topological polar surface area (TPSA) is 70.1 Å². The van der Waals surface area contributed by atoms with E-state index >= 15 is 0 Å². The Bertz CT molecular complexity index is 531. The Morgan fingerprint density at radius 2 is 2.11 bits per heavy atom. The molecule has 2 N–H and O–H groups in total. The van der Waals surface area contributed by atoms with Crippen molar-refractivity contribution in [2.75, 3.05) is 24.2 Å². The predicted octanol–water partition coefficient (Wildman–Crippen LogP) is 2.79. The molecule has 0 aliphatic heterocycles. The third-order valence-electron chi connectivity index (χ3n) is 2.44. The first-order valence-electron chi connectivity index (χ1n) is 5.28. The van der Waals surface area contributed by atoms with Crippen LogP contribution in [0.25, 0.3) is 0 Å². The first kappa shape index (κ1) is 15.3. The van der Waals surface area contributed by atoms with Gasteiger partial charge in [0.05, 0.1) is 17.0 Å². The lowest BCUT2D eigenvalue weighted by Crippen LogP contribution is -2.23. The molecule has 4 nitrogen and oxygen atoms in total. The Kier molecular flexibility index (Phi) is 4.42. The summed E-state index contributed by atoms with van der Waals surface area (Å²) in [7, 11) is 1.43. The van der Waals surface area contributed by atoms with Crippen LogP contribution in [0.1, 0.15) is 28.6 Å². The summed E-state index contributed by atoms with van der Waals surface area (Å²) in [5.41, 5.74) is 5.74. The second kappa shape index (κ2) is 5.48.